The number of aryl methyl sites for hydroxylation is 2. The topological polar surface area (TPSA) is 51.2 Å². The second-order valence-corrected chi connectivity index (χ2v) is 7.74. The number of aromatic nitrogens is 1. The number of alkyl carbamates (subject to hydrolysis) is 1. The molecular formula is C18H24N2O2S. The van der Waals surface area contributed by atoms with Gasteiger partial charge >= 0.3 is 6.09 Å². The first-order valence-corrected chi connectivity index (χ1v) is 8.58. The second kappa shape index (κ2) is 7.13. The molecule has 1 atom stereocenters. The maximum Gasteiger partial charge on any atom is 0.408 e. The Balaban J connectivity index is 2.15. The van der Waals surface area contributed by atoms with Crippen molar-refractivity contribution in [3.05, 3.63) is 51.5 Å². The molecule has 0 radical (unpaired) electrons. The summed E-state index contributed by atoms with van der Waals surface area (Å²) in [6, 6.07) is 8.12. The van der Waals surface area contributed by atoms with E-state index >= 15 is 0 Å². The summed E-state index contributed by atoms with van der Waals surface area (Å²) < 4.78 is 5.38. The van der Waals surface area contributed by atoms with E-state index in [1.807, 2.05) is 33.1 Å². The fraction of sp³-hybridized carbons (Fsp3) is 0.444. The minimum absolute atomic E-state index is 0.197. The molecule has 1 aromatic heterocycles. The molecule has 4 nitrogen and oxygen atoms in total. The van der Waals surface area contributed by atoms with Crippen molar-refractivity contribution in [2.75, 3.05) is 0 Å². The maximum atomic E-state index is 12.1. The number of nitrogens with zero attached hydrogens (tertiary/aromatic N) is 1. The number of hydrogen-bond donors (Lipinski definition) is 1. The molecule has 0 aliphatic heterocycles. The average Bonchev–Trinajstić information content (AvgIpc) is 2.85. The summed E-state index contributed by atoms with van der Waals surface area (Å²) in [5, 5.41) is 5.93. The van der Waals surface area contributed by atoms with Crippen LogP contribution in [0, 0.1) is 13.8 Å². The van der Waals surface area contributed by atoms with Gasteiger partial charge in [-0.2, -0.15) is 0 Å². The van der Waals surface area contributed by atoms with Gasteiger partial charge < -0.3 is 10.1 Å². The fourth-order valence-corrected chi connectivity index (χ4v) is 2.85. The molecule has 23 heavy (non-hydrogen) atoms. The normalized spacial score (nSPS) is 12.7. The number of carbonyl (C=O) groups excluding carboxylic acids is 1. The minimum Gasteiger partial charge on any atom is -0.444 e. The first kappa shape index (κ1) is 17.5. The van der Waals surface area contributed by atoms with Crippen LogP contribution in [0.5, 0.6) is 0 Å². The van der Waals surface area contributed by atoms with Crippen molar-refractivity contribution in [1.82, 2.24) is 10.3 Å². The van der Waals surface area contributed by atoms with E-state index in [2.05, 4.69) is 41.5 Å². The number of benzene rings is 1. The Morgan fingerprint density at radius 1 is 1.26 bits per heavy atom. The molecule has 2 aromatic rings. The lowest BCUT2D eigenvalue weighted by Gasteiger charge is -2.23. The van der Waals surface area contributed by atoms with Gasteiger partial charge in [0, 0.05) is 5.38 Å². The highest BCUT2D eigenvalue weighted by atomic mass is 32.1. The highest BCUT2D eigenvalue weighted by Crippen LogP contribution is 2.21. The van der Waals surface area contributed by atoms with E-state index in [4.69, 9.17) is 4.74 Å². The lowest BCUT2D eigenvalue weighted by atomic mass is 10.0. The Hall–Kier alpha value is -1.88. The highest BCUT2D eigenvalue weighted by Gasteiger charge is 2.22. The summed E-state index contributed by atoms with van der Waals surface area (Å²) >= 11 is 1.58. The predicted octanol–water partition coefficient (Wildman–Crippen LogP) is 4.57. The summed E-state index contributed by atoms with van der Waals surface area (Å²) in [6.07, 6.45) is 0.267. The summed E-state index contributed by atoms with van der Waals surface area (Å²) in [4.78, 5) is 16.7. The number of hydrogen-bond acceptors (Lipinski definition) is 4. The summed E-state index contributed by atoms with van der Waals surface area (Å²) in [6.45, 7) is 9.59. The average molecular weight is 332 g/mol. The van der Waals surface area contributed by atoms with Gasteiger partial charge in [0.05, 0.1) is 16.7 Å². The zero-order valence-corrected chi connectivity index (χ0v) is 15.2. The molecule has 1 amide bonds. The number of amides is 1. The summed E-state index contributed by atoms with van der Waals surface area (Å²) in [5.41, 5.74) is 2.73. The van der Waals surface area contributed by atoms with Crippen molar-refractivity contribution in [2.24, 2.45) is 0 Å². The Kier molecular flexibility index (Phi) is 5.42. The third-order valence-corrected chi connectivity index (χ3v) is 4.04. The van der Waals surface area contributed by atoms with Crippen LogP contribution >= 0.6 is 11.3 Å². The van der Waals surface area contributed by atoms with Gasteiger partial charge in [-0.1, -0.05) is 29.8 Å². The van der Waals surface area contributed by atoms with Crippen molar-refractivity contribution in [3.63, 3.8) is 0 Å². The lowest BCUT2D eigenvalue weighted by Crippen LogP contribution is -2.36. The Morgan fingerprint density at radius 3 is 2.43 bits per heavy atom. The summed E-state index contributed by atoms with van der Waals surface area (Å²) in [7, 11) is 0. The van der Waals surface area contributed by atoms with Gasteiger partial charge in [-0.3, -0.25) is 0 Å². The Labute approximate surface area is 141 Å². The molecule has 1 unspecified atom stereocenters. The van der Waals surface area contributed by atoms with Crippen molar-refractivity contribution >= 4 is 17.4 Å². The first-order valence-electron chi connectivity index (χ1n) is 7.70. The zero-order chi connectivity index (χ0) is 17.0. The maximum absolute atomic E-state index is 12.1. The SMILES string of the molecule is Cc1ccc(CC(NC(=O)OC(C)(C)C)c2csc(C)n2)cc1. The number of nitrogens with one attached hydrogen (secondary N) is 1. The van der Waals surface area contributed by atoms with Crippen molar-refractivity contribution < 1.29 is 9.53 Å². The quantitative estimate of drug-likeness (QED) is 0.892. The molecule has 124 valence electrons. The van der Waals surface area contributed by atoms with Gasteiger partial charge in [0.2, 0.25) is 0 Å². The summed E-state index contributed by atoms with van der Waals surface area (Å²) in [5.74, 6) is 0. The van der Waals surface area contributed by atoms with E-state index in [0.29, 0.717) is 6.42 Å². The molecule has 0 spiro atoms. The largest absolute Gasteiger partial charge is 0.444 e. The molecule has 2 rings (SSSR count). The van der Waals surface area contributed by atoms with E-state index in [-0.39, 0.29) is 6.04 Å². The van der Waals surface area contributed by atoms with Crippen LogP contribution in [0.25, 0.3) is 0 Å². The number of ether oxygens (including phenoxy) is 1. The molecule has 0 aliphatic carbocycles. The van der Waals surface area contributed by atoms with Crippen LogP contribution in [0.15, 0.2) is 29.6 Å². The molecule has 0 bridgehead atoms. The van der Waals surface area contributed by atoms with Crippen LogP contribution in [0.1, 0.15) is 48.6 Å². The third-order valence-electron chi connectivity index (χ3n) is 3.25. The van der Waals surface area contributed by atoms with E-state index < -0.39 is 11.7 Å². The van der Waals surface area contributed by atoms with Gasteiger partial charge in [-0.15, -0.1) is 11.3 Å². The third kappa shape index (κ3) is 5.67. The van der Waals surface area contributed by atoms with Crippen molar-refractivity contribution in [2.45, 2.75) is 52.7 Å². The van der Waals surface area contributed by atoms with Crippen LogP contribution in [-0.2, 0) is 11.2 Å². The number of thiazole rings is 1. The van der Waals surface area contributed by atoms with Gasteiger partial charge in [0.1, 0.15) is 5.60 Å². The monoisotopic (exact) mass is 332 g/mol. The molecule has 0 fully saturated rings. The fourth-order valence-electron chi connectivity index (χ4n) is 2.18. The number of carbonyl (C=O) groups is 1. The van der Waals surface area contributed by atoms with E-state index in [9.17, 15) is 4.79 Å². The van der Waals surface area contributed by atoms with Crippen molar-refractivity contribution in [1.29, 1.82) is 0 Å². The lowest BCUT2D eigenvalue weighted by molar-refractivity contribution is 0.0502. The van der Waals surface area contributed by atoms with Crippen molar-refractivity contribution in [3.8, 4) is 0 Å². The van der Waals surface area contributed by atoms with Gasteiger partial charge in [-0.25, -0.2) is 9.78 Å². The van der Waals surface area contributed by atoms with Crippen LogP contribution in [-0.4, -0.2) is 16.7 Å². The molecule has 0 saturated carbocycles. The van der Waals surface area contributed by atoms with Crippen LogP contribution in [0.4, 0.5) is 4.79 Å². The molecule has 0 aliphatic rings. The Bertz CT molecular complexity index is 656. The molecule has 1 heterocycles. The molecular weight excluding hydrogens is 308 g/mol. The van der Waals surface area contributed by atoms with Crippen LogP contribution in [0.2, 0.25) is 0 Å². The van der Waals surface area contributed by atoms with Crippen LogP contribution in [0.3, 0.4) is 0 Å². The van der Waals surface area contributed by atoms with Gasteiger partial charge in [0.15, 0.2) is 0 Å². The van der Waals surface area contributed by atoms with E-state index in [1.54, 1.807) is 11.3 Å². The first-order chi connectivity index (χ1) is 10.7. The van der Waals surface area contributed by atoms with Crippen LogP contribution < -0.4 is 5.32 Å². The molecule has 0 saturated heterocycles. The predicted molar refractivity (Wildman–Crippen MR) is 93.8 cm³/mol. The minimum atomic E-state index is -0.517. The molecule has 5 heteroatoms. The zero-order valence-electron chi connectivity index (χ0n) is 14.3. The van der Waals surface area contributed by atoms with E-state index in [0.717, 1.165) is 16.3 Å². The second-order valence-electron chi connectivity index (χ2n) is 6.68. The Morgan fingerprint density at radius 2 is 1.91 bits per heavy atom. The van der Waals surface area contributed by atoms with E-state index in [1.165, 1.54) is 5.56 Å². The smallest absolute Gasteiger partial charge is 0.408 e. The highest BCUT2D eigenvalue weighted by molar-refractivity contribution is 7.09. The molecule has 1 aromatic carbocycles. The standard InChI is InChI=1S/C18H24N2O2S/c1-12-6-8-14(9-7-12)10-15(16-11-23-13(2)19-16)20-17(21)22-18(3,4)5/h6-9,11,15H,10H2,1-5H3,(H,20,21). The van der Waals surface area contributed by atoms with Gasteiger partial charge in [0.25, 0.3) is 0 Å². The number of rotatable bonds is 4. The van der Waals surface area contributed by atoms with Gasteiger partial charge in [-0.05, 0) is 46.6 Å². The molecule has 1 N–H and O–H groups in total.